The highest BCUT2D eigenvalue weighted by molar-refractivity contribution is 5.66. The summed E-state index contributed by atoms with van der Waals surface area (Å²) in [5, 5.41) is 0. The maximum absolute atomic E-state index is 11.8. The molecule has 4 rings (SSSR count). The minimum atomic E-state index is -0.126. The Morgan fingerprint density at radius 1 is 1.00 bits per heavy atom. The van der Waals surface area contributed by atoms with E-state index in [1.165, 1.54) is 57.8 Å². The van der Waals surface area contributed by atoms with Gasteiger partial charge in [-0.05, 0) is 91.3 Å². The third-order valence-corrected chi connectivity index (χ3v) is 11.4. The van der Waals surface area contributed by atoms with Gasteiger partial charge in [-0.15, -0.1) is 0 Å². The van der Waals surface area contributed by atoms with E-state index >= 15 is 0 Å². The van der Waals surface area contributed by atoms with Gasteiger partial charge in [0.05, 0.1) is 0 Å². The van der Waals surface area contributed by atoms with Crippen LogP contribution in [0.25, 0.3) is 0 Å². The van der Waals surface area contributed by atoms with E-state index in [9.17, 15) is 4.79 Å². The van der Waals surface area contributed by atoms with Crippen molar-refractivity contribution in [3.05, 3.63) is 11.6 Å². The minimum absolute atomic E-state index is 0.0299. The molecule has 0 N–H and O–H groups in total. The quantitative estimate of drug-likeness (QED) is 0.295. The summed E-state index contributed by atoms with van der Waals surface area (Å²) in [6, 6.07) is 0. The number of hydrogen-bond donors (Lipinski definition) is 0. The number of hydrogen-bond acceptors (Lipinski definition) is 2. The Morgan fingerprint density at radius 2 is 1.73 bits per heavy atom. The van der Waals surface area contributed by atoms with Crippen molar-refractivity contribution in [2.75, 3.05) is 0 Å². The zero-order valence-corrected chi connectivity index (χ0v) is 23.0. The monoisotopic (exact) mass is 456 g/mol. The Hall–Kier alpha value is -0.790. The first-order valence-corrected chi connectivity index (χ1v) is 14.3. The largest absolute Gasteiger partial charge is 0.462 e. The first kappa shape index (κ1) is 25.3. The van der Waals surface area contributed by atoms with Crippen LogP contribution in [0.4, 0.5) is 0 Å². The average molecular weight is 457 g/mol. The standard InChI is InChI=1S/C31H52O2/c1-20(2)10-9-11-21(3)24-13-14-25-23-12-15-27-29(5,6)28(33-22(4)32)17-19-31(27,8)26(23)16-18-30(24,25)7/h15,20-21,23-26,28H,9-14,16-19H2,1-8H3/t21-,23+,24-,25+,26+,28-,30-,31-/m1/s1. The number of carbonyl (C=O) groups excluding carboxylic acids is 1. The van der Waals surface area contributed by atoms with E-state index in [1.54, 1.807) is 12.5 Å². The molecule has 0 aromatic carbocycles. The lowest BCUT2D eigenvalue weighted by molar-refractivity contribution is -0.157. The summed E-state index contributed by atoms with van der Waals surface area (Å²) in [5.41, 5.74) is 2.39. The molecule has 3 fully saturated rings. The van der Waals surface area contributed by atoms with Crippen molar-refractivity contribution in [3.63, 3.8) is 0 Å². The number of carbonyl (C=O) groups is 1. The van der Waals surface area contributed by atoms with Crippen LogP contribution in [0.1, 0.15) is 120 Å². The van der Waals surface area contributed by atoms with Gasteiger partial charge in [-0.3, -0.25) is 4.79 Å². The fourth-order valence-electron chi connectivity index (χ4n) is 9.81. The second kappa shape index (κ2) is 9.02. The Labute approximate surface area is 204 Å². The van der Waals surface area contributed by atoms with Crippen LogP contribution in [0.5, 0.6) is 0 Å². The van der Waals surface area contributed by atoms with Gasteiger partial charge in [-0.1, -0.05) is 79.4 Å². The van der Waals surface area contributed by atoms with Crippen LogP contribution in [0.3, 0.4) is 0 Å². The molecule has 0 aromatic heterocycles. The molecule has 0 amide bonds. The lowest BCUT2D eigenvalue weighted by Crippen LogP contribution is -2.55. The van der Waals surface area contributed by atoms with E-state index in [2.05, 4.69) is 54.5 Å². The van der Waals surface area contributed by atoms with Gasteiger partial charge in [0.25, 0.3) is 0 Å². The first-order chi connectivity index (χ1) is 15.4. The molecular weight excluding hydrogens is 404 g/mol. The molecule has 0 unspecified atom stereocenters. The second-order valence-corrected chi connectivity index (χ2v) is 14.0. The third-order valence-electron chi connectivity index (χ3n) is 11.4. The van der Waals surface area contributed by atoms with Crippen LogP contribution in [0.15, 0.2) is 11.6 Å². The molecule has 0 aromatic rings. The van der Waals surface area contributed by atoms with Gasteiger partial charge >= 0.3 is 5.97 Å². The zero-order chi connectivity index (χ0) is 24.2. The highest BCUT2D eigenvalue weighted by Crippen LogP contribution is 2.69. The Balaban J connectivity index is 1.53. The molecule has 2 nitrogen and oxygen atoms in total. The van der Waals surface area contributed by atoms with Gasteiger partial charge in [-0.2, -0.15) is 0 Å². The molecule has 8 atom stereocenters. The number of rotatable bonds is 6. The van der Waals surface area contributed by atoms with Crippen molar-refractivity contribution in [2.24, 2.45) is 51.8 Å². The van der Waals surface area contributed by atoms with Crippen molar-refractivity contribution >= 4 is 5.97 Å². The van der Waals surface area contributed by atoms with E-state index in [-0.39, 0.29) is 22.9 Å². The molecular formula is C31H52O2. The SMILES string of the molecule is CC(=O)O[C@@H]1CC[C@@]2(C)C(=CC[C@H]3[C@@H]4CC[C@H]([C@H](C)CCCC(C)C)[C@@]4(C)CC[C@@H]32)C1(C)C. The van der Waals surface area contributed by atoms with Crippen LogP contribution >= 0.6 is 0 Å². The molecule has 0 saturated heterocycles. The predicted molar refractivity (Wildman–Crippen MR) is 138 cm³/mol. The van der Waals surface area contributed by atoms with E-state index in [0.717, 1.165) is 41.9 Å². The number of fused-ring (bicyclic) bond motifs is 5. The molecule has 0 radical (unpaired) electrons. The van der Waals surface area contributed by atoms with Gasteiger partial charge in [0.2, 0.25) is 0 Å². The van der Waals surface area contributed by atoms with Crippen LogP contribution in [-0.2, 0) is 9.53 Å². The molecule has 4 aliphatic carbocycles. The van der Waals surface area contributed by atoms with E-state index in [0.29, 0.717) is 5.41 Å². The van der Waals surface area contributed by atoms with Crippen molar-refractivity contribution in [1.29, 1.82) is 0 Å². The highest BCUT2D eigenvalue weighted by atomic mass is 16.5. The third kappa shape index (κ3) is 4.24. The molecule has 3 saturated carbocycles. The Morgan fingerprint density at radius 3 is 2.39 bits per heavy atom. The fraction of sp³-hybridized carbons (Fsp3) is 0.903. The summed E-state index contributed by atoms with van der Waals surface area (Å²) in [5.74, 6) is 5.07. The molecule has 0 bridgehead atoms. The molecule has 33 heavy (non-hydrogen) atoms. The van der Waals surface area contributed by atoms with Crippen LogP contribution in [0.2, 0.25) is 0 Å². The van der Waals surface area contributed by atoms with Crippen LogP contribution in [0, 0.1) is 51.8 Å². The van der Waals surface area contributed by atoms with Crippen molar-refractivity contribution in [1.82, 2.24) is 0 Å². The first-order valence-electron chi connectivity index (χ1n) is 14.3. The van der Waals surface area contributed by atoms with Crippen molar-refractivity contribution in [2.45, 2.75) is 126 Å². The molecule has 2 heteroatoms. The fourth-order valence-corrected chi connectivity index (χ4v) is 9.81. The van der Waals surface area contributed by atoms with E-state index in [4.69, 9.17) is 4.74 Å². The second-order valence-electron chi connectivity index (χ2n) is 14.0. The Bertz CT molecular complexity index is 763. The number of allylic oxidation sites excluding steroid dienone is 1. The summed E-state index contributed by atoms with van der Waals surface area (Å²) < 4.78 is 5.83. The topological polar surface area (TPSA) is 26.3 Å². The molecule has 0 heterocycles. The normalized spacial score (nSPS) is 42.7. The molecule has 0 aliphatic heterocycles. The maximum atomic E-state index is 11.8. The molecule has 188 valence electrons. The average Bonchev–Trinajstić information content (AvgIpc) is 3.07. The van der Waals surface area contributed by atoms with Gasteiger partial charge in [0.1, 0.15) is 6.10 Å². The summed E-state index contributed by atoms with van der Waals surface area (Å²) >= 11 is 0. The van der Waals surface area contributed by atoms with E-state index < -0.39 is 0 Å². The summed E-state index contributed by atoms with van der Waals surface area (Å²) in [6.45, 7) is 18.8. The maximum Gasteiger partial charge on any atom is 0.302 e. The zero-order valence-electron chi connectivity index (χ0n) is 23.0. The smallest absolute Gasteiger partial charge is 0.302 e. The number of ether oxygens (including phenoxy) is 1. The van der Waals surface area contributed by atoms with Gasteiger partial charge in [0, 0.05) is 12.3 Å². The summed E-state index contributed by atoms with van der Waals surface area (Å²) in [6.07, 6.45) is 16.1. The predicted octanol–water partition coefficient (Wildman–Crippen LogP) is 8.60. The summed E-state index contributed by atoms with van der Waals surface area (Å²) in [7, 11) is 0. The highest BCUT2D eigenvalue weighted by Gasteiger charge is 2.61. The van der Waals surface area contributed by atoms with Crippen LogP contribution in [-0.4, -0.2) is 12.1 Å². The summed E-state index contributed by atoms with van der Waals surface area (Å²) in [4.78, 5) is 11.8. The lowest BCUT2D eigenvalue weighted by atomic mass is 9.44. The van der Waals surface area contributed by atoms with Crippen LogP contribution < -0.4 is 0 Å². The van der Waals surface area contributed by atoms with Gasteiger partial charge in [0.15, 0.2) is 0 Å². The van der Waals surface area contributed by atoms with Crippen molar-refractivity contribution < 1.29 is 9.53 Å². The number of esters is 1. The van der Waals surface area contributed by atoms with E-state index in [1.807, 2.05) is 0 Å². The van der Waals surface area contributed by atoms with Gasteiger partial charge < -0.3 is 4.74 Å². The van der Waals surface area contributed by atoms with Gasteiger partial charge in [-0.25, -0.2) is 0 Å². The molecule has 0 spiro atoms. The molecule has 4 aliphatic rings. The van der Waals surface area contributed by atoms with Crippen molar-refractivity contribution in [3.8, 4) is 0 Å². The minimum Gasteiger partial charge on any atom is -0.462 e. The Kier molecular flexibility index (Phi) is 6.91. The lowest BCUT2D eigenvalue weighted by Gasteiger charge is -2.61.